The number of pyridine rings is 1. The molecule has 0 saturated carbocycles. The summed E-state index contributed by atoms with van der Waals surface area (Å²) in [4.78, 5) is 17.6. The first-order valence-corrected chi connectivity index (χ1v) is 9.73. The summed E-state index contributed by atoms with van der Waals surface area (Å²) in [5, 5.41) is 3.00. The average Bonchev–Trinajstić information content (AvgIpc) is 3.16. The van der Waals surface area contributed by atoms with Gasteiger partial charge in [-0.05, 0) is 36.8 Å². The third kappa shape index (κ3) is 4.18. The van der Waals surface area contributed by atoms with Crippen molar-refractivity contribution in [2.45, 2.75) is 19.6 Å². The van der Waals surface area contributed by atoms with Crippen molar-refractivity contribution in [3.63, 3.8) is 0 Å². The Hall–Kier alpha value is -3.64. The van der Waals surface area contributed by atoms with Crippen LogP contribution in [0.1, 0.15) is 12.5 Å². The molecule has 1 N–H and O–H groups in total. The van der Waals surface area contributed by atoms with Gasteiger partial charge in [0.25, 0.3) is 5.91 Å². The second kappa shape index (κ2) is 8.80. The van der Waals surface area contributed by atoms with Crippen LogP contribution in [0.3, 0.4) is 0 Å². The number of fused-ring (bicyclic) bond motifs is 1. The minimum absolute atomic E-state index is 0.235. The van der Waals surface area contributed by atoms with E-state index in [0.29, 0.717) is 12.4 Å². The highest BCUT2D eigenvalue weighted by atomic mass is 16.5. The number of amides is 1. The number of methoxy groups -OCH3 is 1. The van der Waals surface area contributed by atoms with Crippen LogP contribution in [0.25, 0.3) is 16.9 Å². The van der Waals surface area contributed by atoms with Crippen LogP contribution in [-0.2, 0) is 16.1 Å². The molecule has 6 heteroatoms. The standard InChI is InChI=1S/C24H23N3O3/c1-17(30-16-18-9-8-12-20(15-18)29-2)24(28)26-23-22(19-10-4-3-5-11-19)25-21-13-6-7-14-27(21)23/h3-15,17H,16H2,1-2H3,(H,26,28). The number of imidazole rings is 1. The quantitative estimate of drug-likeness (QED) is 0.493. The number of rotatable bonds is 7. The number of benzene rings is 2. The van der Waals surface area contributed by atoms with Crippen molar-refractivity contribution in [2.75, 3.05) is 12.4 Å². The largest absolute Gasteiger partial charge is 0.497 e. The number of nitrogens with zero attached hydrogens (tertiary/aromatic N) is 2. The van der Waals surface area contributed by atoms with Crippen molar-refractivity contribution >= 4 is 17.4 Å². The van der Waals surface area contributed by atoms with Gasteiger partial charge in [0.2, 0.25) is 0 Å². The molecule has 0 saturated heterocycles. The number of hydrogen-bond donors (Lipinski definition) is 1. The van der Waals surface area contributed by atoms with Crippen molar-refractivity contribution in [1.82, 2.24) is 9.38 Å². The lowest BCUT2D eigenvalue weighted by Crippen LogP contribution is -2.28. The minimum atomic E-state index is -0.644. The lowest BCUT2D eigenvalue weighted by molar-refractivity contribution is -0.127. The van der Waals surface area contributed by atoms with Crippen molar-refractivity contribution in [3.05, 3.63) is 84.6 Å². The van der Waals surface area contributed by atoms with E-state index < -0.39 is 6.10 Å². The van der Waals surface area contributed by atoms with Gasteiger partial charge in [-0.25, -0.2) is 4.98 Å². The lowest BCUT2D eigenvalue weighted by atomic mass is 10.1. The highest BCUT2D eigenvalue weighted by Crippen LogP contribution is 2.28. The third-order valence-corrected chi connectivity index (χ3v) is 4.82. The Labute approximate surface area is 175 Å². The third-order valence-electron chi connectivity index (χ3n) is 4.82. The maximum absolute atomic E-state index is 12.9. The number of nitrogens with one attached hydrogen (secondary N) is 1. The van der Waals surface area contributed by atoms with Crippen molar-refractivity contribution < 1.29 is 14.3 Å². The van der Waals surface area contributed by atoms with Crippen LogP contribution in [-0.4, -0.2) is 28.5 Å². The zero-order chi connectivity index (χ0) is 20.9. The van der Waals surface area contributed by atoms with Crippen LogP contribution >= 0.6 is 0 Å². The molecule has 1 atom stereocenters. The molecular formula is C24H23N3O3. The topological polar surface area (TPSA) is 64.9 Å². The smallest absolute Gasteiger partial charge is 0.254 e. The molecule has 2 aromatic heterocycles. The number of aromatic nitrogens is 2. The molecule has 1 amide bonds. The van der Waals surface area contributed by atoms with Crippen molar-refractivity contribution in [2.24, 2.45) is 0 Å². The Balaban J connectivity index is 1.53. The van der Waals surface area contributed by atoms with Crippen LogP contribution in [0.15, 0.2) is 79.0 Å². The second-order valence-electron chi connectivity index (χ2n) is 6.90. The van der Waals surface area contributed by atoms with E-state index in [0.717, 1.165) is 28.2 Å². The maximum atomic E-state index is 12.9. The first kappa shape index (κ1) is 19.7. The fraction of sp³-hybridized carbons (Fsp3) is 0.167. The van der Waals surface area contributed by atoms with Crippen molar-refractivity contribution in [3.8, 4) is 17.0 Å². The van der Waals surface area contributed by atoms with Gasteiger partial charge in [0.15, 0.2) is 0 Å². The summed E-state index contributed by atoms with van der Waals surface area (Å²) >= 11 is 0. The molecule has 0 aliphatic rings. The Morgan fingerprint density at radius 2 is 1.87 bits per heavy atom. The van der Waals surface area contributed by atoms with E-state index in [1.807, 2.05) is 83.4 Å². The van der Waals surface area contributed by atoms with E-state index in [-0.39, 0.29) is 5.91 Å². The highest BCUT2D eigenvalue weighted by molar-refractivity contribution is 5.97. The van der Waals surface area contributed by atoms with Crippen LogP contribution in [0.2, 0.25) is 0 Å². The Kier molecular flexibility index (Phi) is 5.77. The monoisotopic (exact) mass is 401 g/mol. The van der Waals surface area contributed by atoms with Crippen LogP contribution in [0.5, 0.6) is 5.75 Å². The van der Waals surface area contributed by atoms with Gasteiger partial charge in [-0.2, -0.15) is 0 Å². The molecule has 2 heterocycles. The zero-order valence-corrected chi connectivity index (χ0v) is 16.9. The summed E-state index contributed by atoms with van der Waals surface area (Å²) in [7, 11) is 1.62. The van der Waals surface area contributed by atoms with Crippen LogP contribution in [0, 0.1) is 0 Å². The van der Waals surface area contributed by atoms with Gasteiger partial charge in [0.05, 0.1) is 13.7 Å². The molecule has 0 aliphatic heterocycles. The molecule has 1 unspecified atom stereocenters. The average molecular weight is 401 g/mol. The Morgan fingerprint density at radius 3 is 2.67 bits per heavy atom. The number of hydrogen-bond acceptors (Lipinski definition) is 4. The van der Waals surface area contributed by atoms with Gasteiger partial charge >= 0.3 is 0 Å². The fourth-order valence-electron chi connectivity index (χ4n) is 3.19. The van der Waals surface area contributed by atoms with Gasteiger partial charge in [0.1, 0.15) is 29.0 Å². The lowest BCUT2D eigenvalue weighted by Gasteiger charge is -2.14. The van der Waals surface area contributed by atoms with Crippen molar-refractivity contribution in [1.29, 1.82) is 0 Å². The first-order valence-electron chi connectivity index (χ1n) is 9.73. The van der Waals surface area contributed by atoms with E-state index in [4.69, 9.17) is 14.5 Å². The molecule has 4 rings (SSSR count). The Morgan fingerprint density at radius 1 is 1.07 bits per heavy atom. The molecule has 0 bridgehead atoms. The van der Waals surface area contributed by atoms with Gasteiger partial charge in [-0.3, -0.25) is 9.20 Å². The van der Waals surface area contributed by atoms with Crippen LogP contribution in [0.4, 0.5) is 5.82 Å². The summed E-state index contributed by atoms with van der Waals surface area (Å²) in [6.45, 7) is 2.05. The normalized spacial score (nSPS) is 11.9. The molecule has 4 aromatic rings. The zero-order valence-electron chi connectivity index (χ0n) is 16.9. The molecule has 152 valence electrons. The van der Waals surface area contributed by atoms with Gasteiger partial charge in [-0.1, -0.05) is 48.5 Å². The van der Waals surface area contributed by atoms with E-state index in [1.54, 1.807) is 14.0 Å². The second-order valence-corrected chi connectivity index (χ2v) is 6.90. The van der Waals surface area contributed by atoms with E-state index in [2.05, 4.69) is 5.32 Å². The fourth-order valence-corrected chi connectivity index (χ4v) is 3.19. The van der Waals surface area contributed by atoms with E-state index in [9.17, 15) is 4.79 Å². The molecule has 0 spiro atoms. The van der Waals surface area contributed by atoms with Gasteiger partial charge in [0, 0.05) is 11.8 Å². The minimum Gasteiger partial charge on any atom is -0.497 e. The molecule has 2 aromatic carbocycles. The van der Waals surface area contributed by atoms with Gasteiger partial charge in [-0.15, -0.1) is 0 Å². The molecule has 0 fully saturated rings. The molecule has 0 aliphatic carbocycles. The molecular weight excluding hydrogens is 378 g/mol. The molecule has 30 heavy (non-hydrogen) atoms. The molecule has 6 nitrogen and oxygen atoms in total. The highest BCUT2D eigenvalue weighted by Gasteiger charge is 2.20. The summed E-state index contributed by atoms with van der Waals surface area (Å²) in [6.07, 6.45) is 1.24. The van der Waals surface area contributed by atoms with E-state index >= 15 is 0 Å². The maximum Gasteiger partial charge on any atom is 0.254 e. The molecule has 0 radical (unpaired) electrons. The first-order chi connectivity index (χ1) is 14.7. The Bertz CT molecular complexity index is 1150. The predicted octanol–water partition coefficient (Wildman–Crippen LogP) is 4.55. The van der Waals surface area contributed by atoms with E-state index in [1.165, 1.54) is 0 Å². The summed E-state index contributed by atoms with van der Waals surface area (Å²) in [6, 6.07) is 23.1. The van der Waals surface area contributed by atoms with Gasteiger partial charge < -0.3 is 14.8 Å². The predicted molar refractivity (Wildman–Crippen MR) is 117 cm³/mol. The SMILES string of the molecule is COc1cccc(COC(C)C(=O)Nc2c(-c3ccccc3)nc3ccccn23)c1. The number of ether oxygens (including phenoxy) is 2. The van der Waals surface area contributed by atoms with Crippen LogP contribution < -0.4 is 10.1 Å². The number of carbonyl (C=O) groups excluding carboxylic acids is 1. The number of anilines is 1. The number of carbonyl (C=O) groups is 1. The summed E-state index contributed by atoms with van der Waals surface area (Å²) < 4.78 is 12.9. The summed E-state index contributed by atoms with van der Waals surface area (Å²) in [5.74, 6) is 1.14. The summed E-state index contributed by atoms with van der Waals surface area (Å²) in [5.41, 5.74) is 3.35.